The normalized spacial score (nSPS) is 24.5. The Labute approximate surface area is 76.5 Å². The van der Waals surface area contributed by atoms with Crippen LogP contribution < -0.4 is 0 Å². The van der Waals surface area contributed by atoms with E-state index < -0.39 is 0 Å². The molecule has 0 unspecified atom stereocenters. The minimum absolute atomic E-state index is 0.911. The molecule has 0 aromatic rings. The third-order valence-electron chi connectivity index (χ3n) is 3.15. The first-order valence-corrected chi connectivity index (χ1v) is 6.67. The molecule has 1 aliphatic rings. The molecule has 0 radical (unpaired) electrons. The van der Waals surface area contributed by atoms with Crippen molar-refractivity contribution in [3.05, 3.63) is 0 Å². The van der Waals surface area contributed by atoms with Crippen molar-refractivity contribution in [1.82, 2.24) is 4.23 Å². The molecule has 1 fully saturated rings. The fraction of sp³-hybridized carbons (Fsp3) is 1.00. The van der Waals surface area contributed by atoms with Crippen LogP contribution in [0.25, 0.3) is 0 Å². The zero-order valence-electron chi connectivity index (χ0n) is 8.14. The highest BCUT2D eigenvalue weighted by atomic mass is 28.2. The van der Waals surface area contributed by atoms with Crippen molar-refractivity contribution < 1.29 is 0 Å². The lowest BCUT2D eigenvalue weighted by Gasteiger charge is -2.32. The molecule has 0 bridgehead atoms. The van der Waals surface area contributed by atoms with Crippen molar-refractivity contribution in [2.75, 3.05) is 0 Å². The lowest BCUT2D eigenvalue weighted by Crippen LogP contribution is -2.35. The monoisotopic (exact) mass is 187 g/mol. The Kier molecular flexibility index (Phi) is 3.82. The minimum Gasteiger partial charge on any atom is -0.358 e. The zero-order valence-corrected chi connectivity index (χ0v) is 12.1. The van der Waals surface area contributed by atoms with Crippen LogP contribution in [0.1, 0.15) is 39.0 Å². The van der Waals surface area contributed by atoms with Gasteiger partial charge in [-0.15, -0.1) is 0 Å². The van der Waals surface area contributed by atoms with Gasteiger partial charge in [-0.2, -0.15) is 0 Å². The number of nitrogens with zero attached hydrogens (tertiary/aromatic N) is 1. The molecule has 1 rings (SSSR count). The predicted molar refractivity (Wildman–Crippen MR) is 57.8 cm³/mol. The molecule has 1 atom stereocenters. The second-order valence-corrected chi connectivity index (χ2v) is 8.71. The Morgan fingerprint density at radius 1 is 1.18 bits per heavy atom. The van der Waals surface area contributed by atoms with E-state index in [2.05, 4.69) is 11.2 Å². The van der Waals surface area contributed by atoms with Crippen LogP contribution in [0, 0.1) is 5.92 Å². The van der Waals surface area contributed by atoms with Crippen LogP contribution in [0.2, 0.25) is 0 Å². The van der Waals surface area contributed by atoms with E-state index in [0.29, 0.717) is 0 Å². The molecule has 1 aliphatic carbocycles. The molecule has 0 aromatic carbocycles. The van der Waals surface area contributed by atoms with Crippen molar-refractivity contribution in [3.8, 4) is 0 Å². The van der Waals surface area contributed by atoms with Crippen molar-refractivity contribution >= 4 is 20.8 Å². The summed E-state index contributed by atoms with van der Waals surface area (Å²) in [6.07, 6.45) is 7.48. The van der Waals surface area contributed by atoms with E-state index in [0.717, 1.165) is 12.0 Å². The molecule has 0 heterocycles. The molecule has 0 amide bonds. The molecular weight excluding hydrogens is 166 g/mol. The summed E-state index contributed by atoms with van der Waals surface area (Å²) in [5, 5.41) is 0. The number of rotatable bonds is 2. The Balaban J connectivity index is 2.32. The van der Waals surface area contributed by atoms with Gasteiger partial charge in [0.1, 0.15) is 0 Å². The third-order valence-corrected chi connectivity index (χ3v) is 4.78. The molecule has 3 heteroatoms. The molecule has 1 nitrogen and oxygen atoms in total. The fourth-order valence-electron chi connectivity index (χ4n) is 2.04. The summed E-state index contributed by atoms with van der Waals surface area (Å²) in [7, 11) is 2.56. The summed E-state index contributed by atoms with van der Waals surface area (Å²) >= 11 is 0. The van der Waals surface area contributed by atoms with Gasteiger partial charge < -0.3 is 4.23 Å². The van der Waals surface area contributed by atoms with Gasteiger partial charge in [-0.3, -0.25) is 0 Å². The summed E-state index contributed by atoms with van der Waals surface area (Å²) in [4.78, 5) is 0. The van der Waals surface area contributed by atoms with E-state index in [9.17, 15) is 0 Å². The third kappa shape index (κ3) is 2.72. The van der Waals surface area contributed by atoms with Crippen molar-refractivity contribution in [2.45, 2.75) is 45.1 Å². The average molecular weight is 187 g/mol. The maximum absolute atomic E-state index is 2.63. The molecule has 0 spiro atoms. The largest absolute Gasteiger partial charge is 0.358 e. The summed E-state index contributed by atoms with van der Waals surface area (Å²) in [6.45, 7) is 2.43. The Morgan fingerprint density at radius 2 is 1.73 bits per heavy atom. The van der Waals surface area contributed by atoms with Crippen LogP contribution in [0.15, 0.2) is 0 Å². The second-order valence-electron chi connectivity index (χ2n) is 4.10. The Bertz CT molecular complexity index is 111. The number of hydrogen-bond donors (Lipinski definition) is 0. The topological polar surface area (TPSA) is 3.24 Å². The maximum Gasteiger partial charge on any atom is 0.0700 e. The standard InChI is InChI=1S/C8H21NSi2/c1-7(9(10)11)8-5-3-2-4-6-8/h7-8H,2-6H2,1,10-11H3/t7-/m1/s1. The van der Waals surface area contributed by atoms with Gasteiger partial charge in [-0.1, -0.05) is 26.2 Å². The Hall–Kier alpha value is 0.394. The minimum atomic E-state index is 0.911. The van der Waals surface area contributed by atoms with E-state index >= 15 is 0 Å². The first kappa shape index (κ1) is 9.48. The van der Waals surface area contributed by atoms with Gasteiger partial charge >= 0.3 is 0 Å². The molecule has 0 aliphatic heterocycles. The van der Waals surface area contributed by atoms with E-state index in [-0.39, 0.29) is 0 Å². The van der Waals surface area contributed by atoms with Gasteiger partial charge in [0.05, 0.1) is 20.8 Å². The van der Waals surface area contributed by atoms with Crippen LogP contribution >= 0.6 is 0 Å². The molecule has 0 saturated heterocycles. The van der Waals surface area contributed by atoms with Gasteiger partial charge in [-0.05, 0) is 24.8 Å². The summed E-state index contributed by atoms with van der Waals surface area (Å²) in [5.74, 6) is 1.04. The first-order valence-electron chi connectivity index (χ1n) is 4.88. The lowest BCUT2D eigenvalue weighted by atomic mass is 9.85. The van der Waals surface area contributed by atoms with Gasteiger partial charge in [0.15, 0.2) is 0 Å². The fourth-order valence-corrected chi connectivity index (χ4v) is 2.88. The van der Waals surface area contributed by atoms with Crippen molar-refractivity contribution in [1.29, 1.82) is 0 Å². The van der Waals surface area contributed by atoms with E-state index in [1.54, 1.807) is 0 Å². The van der Waals surface area contributed by atoms with Gasteiger partial charge in [0, 0.05) is 0 Å². The molecular formula is C8H21NSi2. The Morgan fingerprint density at radius 3 is 2.18 bits per heavy atom. The van der Waals surface area contributed by atoms with Crippen LogP contribution in [-0.2, 0) is 0 Å². The highest BCUT2D eigenvalue weighted by Crippen LogP contribution is 2.27. The predicted octanol–water partition coefficient (Wildman–Crippen LogP) is -0.182. The van der Waals surface area contributed by atoms with Gasteiger partial charge in [0.2, 0.25) is 0 Å². The van der Waals surface area contributed by atoms with E-state index in [1.807, 2.05) is 0 Å². The van der Waals surface area contributed by atoms with Crippen molar-refractivity contribution in [3.63, 3.8) is 0 Å². The van der Waals surface area contributed by atoms with Crippen molar-refractivity contribution in [2.24, 2.45) is 5.92 Å². The van der Waals surface area contributed by atoms with Crippen LogP contribution in [0.4, 0.5) is 0 Å². The first-order chi connectivity index (χ1) is 5.22. The van der Waals surface area contributed by atoms with E-state index in [1.165, 1.54) is 52.9 Å². The summed E-state index contributed by atoms with van der Waals surface area (Å²) < 4.78 is 2.63. The van der Waals surface area contributed by atoms with Gasteiger partial charge in [-0.25, -0.2) is 0 Å². The zero-order chi connectivity index (χ0) is 8.27. The smallest absolute Gasteiger partial charge is 0.0700 e. The molecule has 66 valence electrons. The molecule has 0 aromatic heterocycles. The van der Waals surface area contributed by atoms with E-state index in [4.69, 9.17) is 0 Å². The van der Waals surface area contributed by atoms with Crippen LogP contribution in [-0.4, -0.2) is 31.1 Å². The average Bonchev–Trinajstić information content (AvgIpc) is 2.05. The van der Waals surface area contributed by atoms with Gasteiger partial charge in [0.25, 0.3) is 0 Å². The lowest BCUT2D eigenvalue weighted by molar-refractivity contribution is 0.264. The molecule has 11 heavy (non-hydrogen) atoms. The van der Waals surface area contributed by atoms with Crippen LogP contribution in [0.3, 0.4) is 0 Å². The maximum atomic E-state index is 2.63. The SMILES string of the molecule is C[C@H](C1CCCCC1)N([SiH3])[SiH3]. The number of hydrogen-bond acceptors (Lipinski definition) is 1. The van der Waals surface area contributed by atoms with Crippen LogP contribution in [0.5, 0.6) is 0 Å². The summed E-state index contributed by atoms with van der Waals surface area (Å²) in [5.41, 5.74) is 0. The second kappa shape index (κ2) is 4.43. The molecule has 0 N–H and O–H groups in total. The highest BCUT2D eigenvalue weighted by molar-refractivity contribution is 6.25. The summed E-state index contributed by atoms with van der Waals surface area (Å²) in [6, 6.07) is 0.911. The quantitative estimate of drug-likeness (QED) is 0.542. The highest BCUT2D eigenvalue weighted by Gasteiger charge is 2.20. The molecule has 1 saturated carbocycles.